The van der Waals surface area contributed by atoms with Gasteiger partial charge in [0.15, 0.2) is 5.82 Å². The lowest BCUT2D eigenvalue weighted by atomic mass is 10.2. The minimum absolute atomic E-state index is 0.262. The monoisotopic (exact) mass is 285 g/mol. The van der Waals surface area contributed by atoms with E-state index in [0.29, 0.717) is 16.7 Å². The van der Waals surface area contributed by atoms with Crippen LogP contribution in [0.2, 0.25) is 5.02 Å². The van der Waals surface area contributed by atoms with Gasteiger partial charge in [0.25, 0.3) is 5.88 Å². The van der Waals surface area contributed by atoms with Gasteiger partial charge in [0, 0.05) is 5.02 Å². The van der Waals surface area contributed by atoms with Crippen molar-refractivity contribution in [3.05, 3.63) is 53.1 Å². The van der Waals surface area contributed by atoms with Gasteiger partial charge in [0.2, 0.25) is 0 Å². The Morgan fingerprint density at radius 1 is 1.05 bits per heavy atom. The molecule has 0 bridgehead atoms. The molecule has 4 nitrogen and oxygen atoms in total. The van der Waals surface area contributed by atoms with Crippen molar-refractivity contribution in [1.82, 2.24) is 9.97 Å². The normalized spacial score (nSPS) is 10.7. The molecule has 0 fully saturated rings. The third-order valence-corrected chi connectivity index (χ3v) is 3.14. The average molecular weight is 286 g/mol. The Morgan fingerprint density at radius 3 is 2.45 bits per heavy atom. The summed E-state index contributed by atoms with van der Waals surface area (Å²) >= 11 is 5.92. The smallest absolute Gasteiger partial charge is 0.263 e. The van der Waals surface area contributed by atoms with Gasteiger partial charge in [-0.3, -0.25) is 0 Å². The first-order valence-corrected chi connectivity index (χ1v) is 6.47. The molecule has 3 aromatic rings. The van der Waals surface area contributed by atoms with Gasteiger partial charge >= 0.3 is 0 Å². The molecule has 0 saturated heterocycles. The Hall–Kier alpha value is -2.33. The van der Waals surface area contributed by atoms with Crippen molar-refractivity contribution >= 4 is 28.5 Å². The zero-order valence-corrected chi connectivity index (χ0v) is 11.6. The van der Waals surface area contributed by atoms with Crippen LogP contribution in [0.4, 0.5) is 5.82 Å². The number of aromatic nitrogens is 2. The van der Waals surface area contributed by atoms with Gasteiger partial charge in [-0.15, -0.1) is 0 Å². The fraction of sp³-hybridized carbons (Fsp3) is 0.0667. The van der Waals surface area contributed by atoms with Gasteiger partial charge in [-0.1, -0.05) is 23.7 Å². The van der Waals surface area contributed by atoms with Crippen molar-refractivity contribution in [3.63, 3.8) is 0 Å². The summed E-state index contributed by atoms with van der Waals surface area (Å²) < 4.78 is 5.75. The average Bonchev–Trinajstić information content (AvgIpc) is 2.42. The first-order chi connectivity index (χ1) is 9.63. The molecular weight excluding hydrogens is 274 g/mol. The highest BCUT2D eigenvalue weighted by Gasteiger charge is 2.09. The number of nitrogen functional groups attached to an aromatic ring is 1. The highest BCUT2D eigenvalue weighted by atomic mass is 35.5. The highest BCUT2D eigenvalue weighted by Crippen LogP contribution is 2.29. The van der Waals surface area contributed by atoms with Crippen LogP contribution in [0.15, 0.2) is 42.5 Å². The minimum atomic E-state index is 0.262. The van der Waals surface area contributed by atoms with Crippen LogP contribution in [0.1, 0.15) is 5.56 Å². The summed E-state index contributed by atoms with van der Waals surface area (Å²) in [4.78, 5) is 8.67. The number of para-hydroxylation sites is 2. The summed E-state index contributed by atoms with van der Waals surface area (Å²) in [5.74, 6) is 1.22. The van der Waals surface area contributed by atoms with Crippen molar-refractivity contribution in [2.75, 3.05) is 5.73 Å². The fourth-order valence-corrected chi connectivity index (χ4v) is 2.13. The second-order valence-electron chi connectivity index (χ2n) is 4.41. The van der Waals surface area contributed by atoms with Gasteiger partial charge in [0.05, 0.1) is 11.0 Å². The number of aryl methyl sites for hydroxylation is 1. The maximum atomic E-state index is 5.92. The number of ether oxygens (including phenoxy) is 1. The molecule has 0 amide bonds. The van der Waals surface area contributed by atoms with E-state index in [-0.39, 0.29) is 5.82 Å². The first kappa shape index (κ1) is 12.7. The SMILES string of the molecule is Cc1cc(Cl)ccc1Oc1nc2ccccc2nc1N. The van der Waals surface area contributed by atoms with E-state index < -0.39 is 0 Å². The minimum Gasteiger partial charge on any atom is -0.436 e. The lowest BCUT2D eigenvalue weighted by molar-refractivity contribution is 0.462. The molecule has 0 atom stereocenters. The van der Waals surface area contributed by atoms with Crippen molar-refractivity contribution in [2.24, 2.45) is 0 Å². The molecule has 0 aliphatic rings. The van der Waals surface area contributed by atoms with Crippen LogP contribution in [-0.2, 0) is 0 Å². The zero-order valence-electron chi connectivity index (χ0n) is 10.8. The van der Waals surface area contributed by atoms with E-state index in [0.717, 1.165) is 16.6 Å². The third kappa shape index (κ3) is 2.38. The largest absolute Gasteiger partial charge is 0.436 e. The topological polar surface area (TPSA) is 61.0 Å². The first-order valence-electron chi connectivity index (χ1n) is 6.10. The third-order valence-electron chi connectivity index (χ3n) is 2.91. The standard InChI is InChI=1S/C15H12ClN3O/c1-9-8-10(16)6-7-13(9)20-15-14(17)18-11-4-2-3-5-12(11)19-15/h2-8H,1H3,(H2,17,18). The molecular formula is C15H12ClN3O. The van der Waals surface area contributed by atoms with Gasteiger partial charge in [-0.25, -0.2) is 9.97 Å². The number of hydrogen-bond acceptors (Lipinski definition) is 4. The number of anilines is 1. The Labute approximate surface area is 121 Å². The number of hydrogen-bond donors (Lipinski definition) is 1. The van der Waals surface area contributed by atoms with Crippen LogP contribution in [0.5, 0.6) is 11.6 Å². The van der Waals surface area contributed by atoms with Gasteiger partial charge in [-0.2, -0.15) is 0 Å². The van der Waals surface area contributed by atoms with Crippen LogP contribution >= 0.6 is 11.6 Å². The molecule has 0 unspecified atom stereocenters. The molecule has 5 heteroatoms. The van der Waals surface area contributed by atoms with Crippen LogP contribution in [0, 0.1) is 6.92 Å². The summed E-state index contributed by atoms with van der Waals surface area (Å²) in [6.07, 6.45) is 0. The number of halogens is 1. The van der Waals surface area contributed by atoms with E-state index in [2.05, 4.69) is 9.97 Å². The lowest BCUT2D eigenvalue weighted by Gasteiger charge is -2.10. The summed E-state index contributed by atoms with van der Waals surface area (Å²) in [5.41, 5.74) is 8.28. The van der Waals surface area contributed by atoms with E-state index in [1.807, 2.05) is 37.3 Å². The Morgan fingerprint density at radius 2 is 1.75 bits per heavy atom. The van der Waals surface area contributed by atoms with E-state index in [4.69, 9.17) is 22.1 Å². The van der Waals surface area contributed by atoms with Crippen molar-refractivity contribution in [2.45, 2.75) is 6.92 Å². The molecule has 100 valence electrons. The predicted molar refractivity (Wildman–Crippen MR) is 80.2 cm³/mol. The van der Waals surface area contributed by atoms with Crippen molar-refractivity contribution in [1.29, 1.82) is 0 Å². The van der Waals surface area contributed by atoms with Crippen LogP contribution in [0.3, 0.4) is 0 Å². The van der Waals surface area contributed by atoms with Crippen LogP contribution < -0.4 is 10.5 Å². The molecule has 0 spiro atoms. The molecule has 20 heavy (non-hydrogen) atoms. The molecule has 0 radical (unpaired) electrons. The molecule has 2 aromatic carbocycles. The highest BCUT2D eigenvalue weighted by molar-refractivity contribution is 6.30. The number of benzene rings is 2. The van der Waals surface area contributed by atoms with Crippen LogP contribution in [0.25, 0.3) is 11.0 Å². The molecule has 3 rings (SSSR count). The Balaban J connectivity index is 2.03. The van der Waals surface area contributed by atoms with E-state index in [9.17, 15) is 0 Å². The molecule has 2 N–H and O–H groups in total. The van der Waals surface area contributed by atoms with Gasteiger partial charge < -0.3 is 10.5 Å². The number of nitrogens with two attached hydrogens (primary N) is 1. The van der Waals surface area contributed by atoms with E-state index in [1.54, 1.807) is 12.1 Å². The van der Waals surface area contributed by atoms with Gasteiger partial charge in [-0.05, 0) is 42.8 Å². The number of nitrogens with zero attached hydrogens (tertiary/aromatic N) is 2. The Bertz CT molecular complexity index is 789. The second kappa shape index (κ2) is 4.98. The lowest BCUT2D eigenvalue weighted by Crippen LogP contribution is -1.99. The van der Waals surface area contributed by atoms with Crippen molar-refractivity contribution in [3.8, 4) is 11.6 Å². The summed E-state index contributed by atoms with van der Waals surface area (Å²) in [6, 6.07) is 12.9. The molecule has 1 aromatic heterocycles. The number of rotatable bonds is 2. The maximum absolute atomic E-state index is 5.92. The molecule has 0 aliphatic carbocycles. The second-order valence-corrected chi connectivity index (χ2v) is 4.85. The van der Waals surface area contributed by atoms with Crippen LogP contribution in [-0.4, -0.2) is 9.97 Å². The zero-order chi connectivity index (χ0) is 14.1. The Kier molecular flexibility index (Phi) is 3.16. The summed E-state index contributed by atoms with van der Waals surface area (Å²) in [7, 11) is 0. The van der Waals surface area contributed by atoms with E-state index >= 15 is 0 Å². The maximum Gasteiger partial charge on any atom is 0.263 e. The predicted octanol–water partition coefficient (Wildman–Crippen LogP) is 3.97. The fourth-order valence-electron chi connectivity index (χ4n) is 1.90. The molecule has 0 aliphatic heterocycles. The van der Waals surface area contributed by atoms with Gasteiger partial charge in [0.1, 0.15) is 5.75 Å². The number of fused-ring (bicyclic) bond motifs is 1. The van der Waals surface area contributed by atoms with E-state index in [1.165, 1.54) is 0 Å². The summed E-state index contributed by atoms with van der Waals surface area (Å²) in [5, 5.41) is 0.660. The van der Waals surface area contributed by atoms with Crippen molar-refractivity contribution < 1.29 is 4.74 Å². The summed E-state index contributed by atoms with van der Waals surface area (Å²) in [6.45, 7) is 1.91. The molecule has 1 heterocycles. The molecule has 0 saturated carbocycles. The quantitative estimate of drug-likeness (QED) is 0.774.